The standard InChI is InChI=1S/C54H91N3O41/c1-12(66)55-23-32(75)41(93-53-39(82)46(30(73)19(8-62)88-53)98-50-25(57-14(3)68)43(27(70)16(5-59)85-50)95-51-36(79)33(76)26(69)15(4-58)86-51)22(11-65)90-48(23)96-44-28(71)17(6-60)87-52(37(44)80)92-40-21(10-64)91-49(24(31(40)74)56-13(2)67)97-45-29(72)18(7-61)89-54(38(45)81)94-42-20(9-63)84-47(83)35(78)34(42)77/h15-54,58-65,69-83H,4-11H2,1-3H3,(H,55,66)(H,56,67)(H,57,68)/t15-,16-,17-,18-,19-,20-,21-,22-,23-,24-,25-,26+,27-,28+,29+,30+,31-,32-,33+,34-,35-,36-,37-,38-,39-,40-,41-,42-,43-,44+,45+,46+,47-,48+,49+,50+,51+,52+,53+,54+/m1/s1. The molecule has 8 saturated heterocycles. The van der Waals surface area contributed by atoms with Gasteiger partial charge in [0.2, 0.25) is 17.7 Å². The van der Waals surface area contributed by atoms with Gasteiger partial charge in [0.15, 0.2) is 50.3 Å². The van der Waals surface area contributed by atoms with Gasteiger partial charge in [0.25, 0.3) is 0 Å². The molecule has 0 unspecified atom stereocenters. The van der Waals surface area contributed by atoms with E-state index < -0.39 is 316 Å². The molecular weight excluding hydrogens is 1350 g/mol. The number of rotatable bonds is 25. The second-order valence-corrected chi connectivity index (χ2v) is 24.6. The van der Waals surface area contributed by atoms with Crippen molar-refractivity contribution in [2.24, 2.45) is 0 Å². The largest absolute Gasteiger partial charge is 0.394 e. The van der Waals surface area contributed by atoms with Crippen LogP contribution in [0.25, 0.3) is 0 Å². The van der Waals surface area contributed by atoms with Gasteiger partial charge in [-0.1, -0.05) is 0 Å². The molecule has 0 saturated carbocycles. The van der Waals surface area contributed by atoms with E-state index in [4.69, 9.17) is 71.1 Å². The van der Waals surface area contributed by atoms with Crippen molar-refractivity contribution in [1.29, 1.82) is 0 Å². The van der Waals surface area contributed by atoms with Crippen LogP contribution in [0.2, 0.25) is 0 Å². The summed E-state index contributed by atoms with van der Waals surface area (Å²) in [5.41, 5.74) is 0. The van der Waals surface area contributed by atoms with Gasteiger partial charge in [0.05, 0.1) is 52.9 Å². The molecule has 0 aliphatic carbocycles. The van der Waals surface area contributed by atoms with Crippen LogP contribution < -0.4 is 16.0 Å². The van der Waals surface area contributed by atoms with Crippen LogP contribution >= 0.6 is 0 Å². The molecule has 8 aliphatic rings. The van der Waals surface area contributed by atoms with Crippen molar-refractivity contribution in [2.45, 2.75) is 266 Å². The zero-order valence-corrected chi connectivity index (χ0v) is 52.4. The maximum absolute atomic E-state index is 12.9. The van der Waals surface area contributed by atoms with Gasteiger partial charge in [0.1, 0.15) is 195 Å². The third-order valence-corrected chi connectivity index (χ3v) is 17.9. The second kappa shape index (κ2) is 35.1. The Morgan fingerprint density at radius 2 is 0.490 bits per heavy atom. The summed E-state index contributed by atoms with van der Waals surface area (Å²) in [5.74, 6) is -2.72. The van der Waals surface area contributed by atoms with E-state index in [-0.39, 0.29) is 0 Å². The second-order valence-electron chi connectivity index (χ2n) is 24.6. The van der Waals surface area contributed by atoms with E-state index >= 15 is 0 Å². The maximum atomic E-state index is 12.9. The van der Waals surface area contributed by atoms with Crippen molar-refractivity contribution < 1.29 is 203 Å². The smallest absolute Gasteiger partial charge is 0.217 e. The van der Waals surface area contributed by atoms with Crippen molar-refractivity contribution in [1.82, 2.24) is 16.0 Å². The molecule has 44 nitrogen and oxygen atoms in total. The lowest BCUT2D eigenvalue weighted by Crippen LogP contribution is -2.71. The molecule has 44 heteroatoms. The van der Waals surface area contributed by atoms with E-state index in [9.17, 15) is 132 Å². The average Bonchev–Trinajstić information content (AvgIpc) is 0.777. The summed E-state index contributed by atoms with van der Waals surface area (Å²) in [6.45, 7) is -5.46. The average molecular weight is 1440 g/mol. The first kappa shape index (κ1) is 80.6. The number of carbonyl (C=O) groups excluding carboxylic acids is 3. The van der Waals surface area contributed by atoms with Crippen LogP contribution in [-0.4, -0.2) is 433 Å². The van der Waals surface area contributed by atoms with Crippen LogP contribution in [0.1, 0.15) is 20.8 Å². The van der Waals surface area contributed by atoms with Crippen molar-refractivity contribution in [3.63, 3.8) is 0 Å². The molecule has 8 heterocycles. The molecule has 0 aromatic heterocycles. The summed E-state index contributed by atoms with van der Waals surface area (Å²) in [5, 5.41) is 258. The molecule has 568 valence electrons. The van der Waals surface area contributed by atoms with Gasteiger partial charge >= 0.3 is 0 Å². The Balaban J connectivity index is 0.990. The highest BCUT2D eigenvalue weighted by atomic mass is 16.8. The minimum Gasteiger partial charge on any atom is -0.394 e. The van der Waals surface area contributed by atoms with Gasteiger partial charge in [-0.2, -0.15) is 0 Å². The van der Waals surface area contributed by atoms with Crippen molar-refractivity contribution in [3.8, 4) is 0 Å². The van der Waals surface area contributed by atoms with E-state index in [1.807, 2.05) is 0 Å². The van der Waals surface area contributed by atoms with Crippen molar-refractivity contribution >= 4 is 17.7 Å². The SMILES string of the molecule is CC(=O)N[C@H]1[C@H](O[C@H]2[C@@H](O)[C@@H](CO)O[C@@H](O[C@H]3[C@H](O)[C@@H](O)[C@H](O)O[C@@H]3CO)[C@@H]2O)O[C@H](CO)[C@@H](O[C@@H]2O[C@H](CO)[C@H](O)[C@H](O[C@@H]3O[C@H](CO)[C@@H](O[C@@H]4O[C@H](CO)[C@H](O)[C@H](O[C@@H]5O[C@H](CO)[C@@H](O)[C@H](O[C@@H]6O[C@H](CO)[C@H](O)[C@H](O)[C@H]6O)[C@H]5NC(C)=O)[C@H]4O)[C@H](O)[C@H]3NC(C)=O)[C@H]2O)[C@@H]1O. The fraction of sp³-hybridized carbons (Fsp3) is 0.944. The number of carbonyl (C=O) groups is 3. The maximum Gasteiger partial charge on any atom is 0.217 e. The molecule has 0 radical (unpaired) electrons. The van der Waals surface area contributed by atoms with Crippen LogP contribution in [0, 0.1) is 0 Å². The quantitative estimate of drug-likeness (QED) is 0.0404. The molecule has 0 aromatic carbocycles. The van der Waals surface area contributed by atoms with Gasteiger partial charge in [-0.3, -0.25) is 14.4 Å². The number of ether oxygens (including phenoxy) is 15. The summed E-state index contributed by atoms with van der Waals surface area (Å²) in [6.07, 6.45) is -73.6. The third kappa shape index (κ3) is 17.3. The molecule has 3 amide bonds. The van der Waals surface area contributed by atoms with Gasteiger partial charge in [0, 0.05) is 20.8 Å². The number of amides is 3. The summed E-state index contributed by atoms with van der Waals surface area (Å²) in [7, 11) is 0. The Morgan fingerprint density at radius 3 is 0.827 bits per heavy atom. The summed E-state index contributed by atoms with van der Waals surface area (Å²) in [6, 6.07) is -5.57. The molecule has 0 aromatic rings. The number of aliphatic hydroxyl groups is 23. The summed E-state index contributed by atoms with van der Waals surface area (Å²) >= 11 is 0. The highest BCUT2D eigenvalue weighted by molar-refractivity contribution is 5.74. The lowest BCUT2D eigenvalue weighted by atomic mass is 9.93. The Kier molecular flexibility index (Phi) is 28.9. The minimum absolute atomic E-state index is 0.875. The van der Waals surface area contributed by atoms with Crippen LogP contribution in [0.5, 0.6) is 0 Å². The zero-order valence-electron chi connectivity index (χ0n) is 52.4. The molecule has 8 fully saturated rings. The molecule has 8 aliphatic heterocycles. The molecule has 8 rings (SSSR count). The predicted molar refractivity (Wildman–Crippen MR) is 299 cm³/mol. The van der Waals surface area contributed by atoms with Gasteiger partial charge in [-0.15, -0.1) is 0 Å². The Labute approximate surface area is 554 Å². The van der Waals surface area contributed by atoms with E-state index in [2.05, 4.69) is 16.0 Å². The molecule has 40 atom stereocenters. The first-order valence-electron chi connectivity index (χ1n) is 31.1. The monoisotopic (exact) mass is 1440 g/mol. The number of nitrogens with one attached hydrogen (secondary N) is 3. The molecule has 0 bridgehead atoms. The van der Waals surface area contributed by atoms with Crippen molar-refractivity contribution in [3.05, 3.63) is 0 Å². The van der Waals surface area contributed by atoms with Crippen LogP contribution in [-0.2, 0) is 85.4 Å². The van der Waals surface area contributed by atoms with Crippen LogP contribution in [0.15, 0.2) is 0 Å². The Hall–Kier alpha value is -3.11. The number of hydrogen-bond donors (Lipinski definition) is 26. The third-order valence-electron chi connectivity index (χ3n) is 17.9. The normalized spacial score (nSPS) is 49.5. The summed E-state index contributed by atoms with van der Waals surface area (Å²) in [4.78, 5) is 38.4. The lowest BCUT2D eigenvalue weighted by Gasteiger charge is -2.51. The first-order chi connectivity index (χ1) is 46.4. The van der Waals surface area contributed by atoms with E-state index in [1.54, 1.807) is 0 Å². The van der Waals surface area contributed by atoms with Crippen LogP contribution in [0.4, 0.5) is 0 Å². The zero-order chi connectivity index (χ0) is 72.2. The van der Waals surface area contributed by atoms with Crippen molar-refractivity contribution in [2.75, 3.05) is 52.9 Å². The lowest BCUT2D eigenvalue weighted by molar-refractivity contribution is -0.389. The minimum atomic E-state index is -2.33. The molecular formula is C54H91N3O41. The summed E-state index contributed by atoms with van der Waals surface area (Å²) < 4.78 is 86.6. The highest BCUT2D eigenvalue weighted by Gasteiger charge is 2.60. The molecule has 26 N–H and O–H groups in total. The highest BCUT2D eigenvalue weighted by Crippen LogP contribution is 2.39. The van der Waals surface area contributed by atoms with Gasteiger partial charge in [-0.05, 0) is 0 Å². The first-order valence-corrected chi connectivity index (χ1v) is 31.1. The molecule has 0 spiro atoms. The van der Waals surface area contributed by atoms with E-state index in [1.165, 1.54) is 0 Å². The molecule has 98 heavy (non-hydrogen) atoms. The van der Waals surface area contributed by atoms with E-state index in [0.29, 0.717) is 0 Å². The Morgan fingerprint density at radius 1 is 0.245 bits per heavy atom. The van der Waals surface area contributed by atoms with Crippen LogP contribution in [0.3, 0.4) is 0 Å². The topological polar surface area (TPSA) is 691 Å². The van der Waals surface area contributed by atoms with E-state index in [0.717, 1.165) is 20.8 Å². The number of hydrogen-bond acceptors (Lipinski definition) is 41. The fourth-order valence-electron chi connectivity index (χ4n) is 12.7. The van der Waals surface area contributed by atoms with Gasteiger partial charge < -0.3 is 204 Å². The van der Waals surface area contributed by atoms with Gasteiger partial charge in [-0.25, -0.2) is 0 Å². The number of aliphatic hydroxyl groups excluding tert-OH is 23. The predicted octanol–water partition coefficient (Wildman–Crippen LogP) is -18.0. The Bertz CT molecular complexity index is 2510. The fourth-order valence-corrected chi connectivity index (χ4v) is 12.7.